The number of hydrogen-bond acceptors (Lipinski definition) is 0. The Morgan fingerprint density at radius 3 is 1.91 bits per heavy atom. The van der Waals surface area contributed by atoms with Crippen molar-refractivity contribution in [1.82, 2.24) is 0 Å². The summed E-state index contributed by atoms with van der Waals surface area (Å²) < 4.78 is 0. The topological polar surface area (TPSA) is 0 Å². The van der Waals surface area contributed by atoms with Gasteiger partial charge in [0, 0.05) is 0 Å². The molecule has 0 heterocycles. The Bertz CT molecular complexity index is 1050. The summed E-state index contributed by atoms with van der Waals surface area (Å²) in [5.74, 6) is 0. The molecule has 0 heteroatoms. The average molecular weight is 298 g/mol. The van der Waals surface area contributed by atoms with Crippen LogP contribution in [0, 0.1) is 0 Å². The molecular formula is C23H22. The summed E-state index contributed by atoms with van der Waals surface area (Å²) >= 11 is 0. The first-order valence-electron chi connectivity index (χ1n) is 8.29. The highest BCUT2D eigenvalue weighted by Crippen LogP contribution is 2.32. The molecule has 0 aliphatic carbocycles. The number of hydrogen-bond donors (Lipinski definition) is 0. The van der Waals surface area contributed by atoms with Crippen LogP contribution in [0.5, 0.6) is 0 Å². The van der Waals surface area contributed by atoms with Gasteiger partial charge in [-0.1, -0.05) is 87.2 Å². The Morgan fingerprint density at radius 2 is 1.30 bits per heavy atom. The summed E-state index contributed by atoms with van der Waals surface area (Å²) in [6.07, 6.45) is 4.17. The maximum atomic E-state index is 3.99. The van der Waals surface area contributed by atoms with Crippen LogP contribution >= 0.6 is 0 Å². The first-order chi connectivity index (χ1) is 11.3. The fourth-order valence-corrected chi connectivity index (χ4v) is 3.49. The van der Waals surface area contributed by atoms with Crippen molar-refractivity contribution in [2.75, 3.05) is 0 Å². The molecule has 0 atom stereocenters. The zero-order valence-corrected chi connectivity index (χ0v) is 14.1. The quantitative estimate of drug-likeness (QED) is 0.284. The molecule has 0 saturated heterocycles. The molecule has 0 aromatic heterocycles. The summed E-state index contributed by atoms with van der Waals surface area (Å²) in [7, 11) is 0. The van der Waals surface area contributed by atoms with Crippen molar-refractivity contribution < 1.29 is 0 Å². The van der Waals surface area contributed by atoms with E-state index in [1.54, 1.807) is 0 Å². The van der Waals surface area contributed by atoms with Crippen LogP contribution in [0.15, 0.2) is 61.2 Å². The van der Waals surface area contributed by atoms with Gasteiger partial charge < -0.3 is 0 Å². The molecule has 23 heavy (non-hydrogen) atoms. The summed E-state index contributed by atoms with van der Waals surface area (Å²) in [6.45, 7) is 10.1. The lowest BCUT2D eigenvalue weighted by molar-refractivity contribution is 1.50. The number of fused-ring (bicyclic) bond motifs is 2. The smallest absolute Gasteiger partial charge is 0.00265 e. The lowest BCUT2D eigenvalue weighted by atomic mass is 9.91. The van der Waals surface area contributed by atoms with Crippen LogP contribution in [0.4, 0.5) is 0 Å². The predicted molar refractivity (Wildman–Crippen MR) is 106 cm³/mol. The van der Waals surface area contributed by atoms with Crippen molar-refractivity contribution in [2.24, 2.45) is 0 Å². The van der Waals surface area contributed by atoms with E-state index in [4.69, 9.17) is 0 Å². The Morgan fingerprint density at radius 1 is 0.739 bits per heavy atom. The molecule has 0 radical (unpaired) electrons. The van der Waals surface area contributed by atoms with E-state index in [0.717, 1.165) is 0 Å². The van der Waals surface area contributed by atoms with Crippen LogP contribution in [0.25, 0.3) is 44.5 Å². The molecule has 4 aromatic carbocycles. The van der Waals surface area contributed by atoms with E-state index < -0.39 is 0 Å². The van der Waals surface area contributed by atoms with Gasteiger partial charge in [0.05, 0.1) is 0 Å². The summed E-state index contributed by atoms with van der Waals surface area (Å²) in [5, 5.41) is 9.25. The minimum Gasteiger partial charge on any atom is -0.0984 e. The van der Waals surface area contributed by atoms with Gasteiger partial charge in [-0.3, -0.25) is 0 Å². The lowest BCUT2D eigenvalue weighted by Crippen LogP contribution is -2.06. The van der Waals surface area contributed by atoms with Gasteiger partial charge >= 0.3 is 0 Å². The van der Waals surface area contributed by atoms with Gasteiger partial charge in [-0.25, -0.2) is 0 Å². The van der Waals surface area contributed by atoms with Gasteiger partial charge in [-0.2, -0.15) is 0 Å². The largest absolute Gasteiger partial charge is 0.0984 e. The molecule has 114 valence electrons. The summed E-state index contributed by atoms with van der Waals surface area (Å²) in [4.78, 5) is 0. The van der Waals surface area contributed by atoms with Gasteiger partial charge in [0.1, 0.15) is 0 Å². The lowest BCUT2D eigenvalue weighted by Gasteiger charge is -2.12. The van der Waals surface area contributed by atoms with Crippen molar-refractivity contribution in [3.63, 3.8) is 0 Å². The zero-order chi connectivity index (χ0) is 16.4. The van der Waals surface area contributed by atoms with E-state index in [9.17, 15) is 0 Å². The molecule has 0 bridgehead atoms. The Hall–Kier alpha value is -2.60. The second kappa shape index (κ2) is 6.26. The fraction of sp³-hybridized carbons (Fsp3) is 0.130. The summed E-state index contributed by atoms with van der Waals surface area (Å²) in [6, 6.07) is 19.6. The van der Waals surface area contributed by atoms with E-state index in [1.165, 1.54) is 43.1 Å². The molecule has 0 amide bonds. The number of rotatable bonds is 1. The van der Waals surface area contributed by atoms with E-state index in [-0.39, 0.29) is 0 Å². The van der Waals surface area contributed by atoms with Crippen molar-refractivity contribution in [1.29, 1.82) is 0 Å². The first-order valence-corrected chi connectivity index (χ1v) is 8.29. The normalized spacial score (nSPS) is 11.7. The van der Waals surface area contributed by atoms with Crippen molar-refractivity contribution in [3.8, 4) is 0 Å². The third-order valence-electron chi connectivity index (χ3n) is 4.36. The van der Waals surface area contributed by atoms with Crippen molar-refractivity contribution >= 4 is 44.5 Å². The van der Waals surface area contributed by atoms with Crippen molar-refractivity contribution in [2.45, 2.75) is 20.8 Å². The minimum atomic E-state index is 1.20. The second-order valence-corrected chi connectivity index (χ2v) is 5.39. The van der Waals surface area contributed by atoms with E-state index >= 15 is 0 Å². The summed E-state index contributed by atoms with van der Waals surface area (Å²) in [5.41, 5.74) is 1.20. The maximum Gasteiger partial charge on any atom is -0.00265 e. The van der Waals surface area contributed by atoms with Gasteiger partial charge in [0.2, 0.25) is 0 Å². The molecule has 0 unspecified atom stereocenters. The zero-order valence-electron chi connectivity index (χ0n) is 14.1. The van der Waals surface area contributed by atoms with Crippen LogP contribution in [-0.2, 0) is 0 Å². The Labute approximate surface area is 137 Å². The van der Waals surface area contributed by atoms with Gasteiger partial charge in [-0.15, -0.1) is 0 Å². The van der Waals surface area contributed by atoms with Crippen LogP contribution in [-0.4, -0.2) is 0 Å². The maximum absolute atomic E-state index is 3.99. The SMILES string of the molecule is C=Cc1cccc2c1/c(=C\C)c1cccc3cccc2c31.CC. The third kappa shape index (κ3) is 2.22. The average Bonchev–Trinajstić information content (AvgIpc) is 2.63. The third-order valence-corrected chi connectivity index (χ3v) is 4.36. The fourth-order valence-electron chi connectivity index (χ4n) is 3.49. The molecule has 0 spiro atoms. The highest BCUT2D eigenvalue weighted by Gasteiger charge is 2.10. The van der Waals surface area contributed by atoms with Gasteiger partial charge in [0.15, 0.2) is 0 Å². The van der Waals surface area contributed by atoms with Crippen molar-refractivity contribution in [3.05, 3.63) is 72.0 Å². The first kappa shape index (κ1) is 15.3. The van der Waals surface area contributed by atoms with E-state index in [0.29, 0.717) is 0 Å². The van der Waals surface area contributed by atoms with Crippen LogP contribution in [0.2, 0.25) is 0 Å². The molecule has 4 aromatic rings. The Kier molecular flexibility index (Phi) is 4.16. The molecule has 0 N–H and O–H groups in total. The van der Waals surface area contributed by atoms with E-state index in [1.807, 2.05) is 19.9 Å². The molecular weight excluding hydrogens is 276 g/mol. The van der Waals surface area contributed by atoms with Crippen LogP contribution < -0.4 is 5.22 Å². The molecule has 4 rings (SSSR count). The van der Waals surface area contributed by atoms with E-state index in [2.05, 4.69) is 74.2 Å². The highest BCUT2D eigenvalue weighted by molar-refractivity contribution is 6.22. The predicted octanol–water partition coefficient (Wildman–Crippen LogP) is 6.33. The monoisotopic (exact) mass is 298 g/mol. The second-order valence-electron chi connectivity index (χ2n) is 5.39. The minimum absolute atomic E-state index is 1.20. The molecule has 0 nitrogen and oxygen atoms in total. The van der Waals surface area contributed by atoms with Gasteiger partial charge in [0.25, 0.3) is 0 Å². The Balaban J connectivity index is 0.000000753. The van der Waals surface area contributed by atoms with Gasteiger partial charge in [-0.05, 0) is 50.0 Å². The molecule has 0 aliphatic heterocycles. The standard InChI is InChI=1S/C21H16.C2H6/c1-3-14-8-5-12-18-19-13-7-10-15-9-6-11-17(21(15)19)16(4-2)20(14)18;1-2/h3-13H,1H2,2H3;1-2H3/b16-4-;. The van der Waals surface area contributed by atoms with Crippen LogP contribution in [0.1, 0.15) is 26.3 Å². The highest BCUT2D eigenvalue weighted by atomic mass is 14.1. The van der Waals surface area contributed by atoms with Crippen LogP contribution in [0.3, 0.4) is 0 Å². The molecule has 0 saturated carbocycles. The molecule has 0 fully saturated rings. The molecule has 0 aliphatic rings. The number of benzene rings is 4.